The zero-order chi connectivity index (χ0) is 11.5. The van der Waals surface area contributed by atoms with Crippen LogP contribution in [0.5, 0.6) is 0 Å². The van der Waals surface area contributed by atoms with Gasteiger partial charge in [-0.15, -0.1) is 0 Å². The van der Waals surface area contributed by atoms with Gasteiger partial charge >= 0.3 is 0 Å². The Bertz CT molecular complexity index is 411. The molecule has 2 heterocycles. The molecule has 86 valence electrons. The third-order valence-electron chi connectivity index (χ3n) is 2.78. The van der Waals surface area contributed by atoms with Gasteiger partial charge in [-0.3, -0.25) is 0 Å². The minimum atomic E-state index is 0.328. The second kappa shape index (κ2) is 5.00. The van der Waals surface area contributed by atoms with E-state index in [0.29, 0.717) is 16.1 Å². The van der Waals surface area contributed by atoms with Gasteiger partial charge in [-0.1, -0.05) is 22.9 Å². The first-order valence-corrected chi connectivity index (χ1v) is 6.42. The van der Waals surface area contributed by atoms with Crippen LogP contribution in [-0.2, 0) is 0 Å². The Morgan fingerprint density at radius 3 is 3.12 bits per heavy atom. The van der Waals surface area contributed by atoms with Gasteiger partial charge in [0.25, 0.3) is 0 Å². The molecule has 1 fully saturated rings. The number of halogens is 1. The summed E-state index contributed by atoms with van der Waals surface area (Å²) >= 11 is 7.24. The fourth-order valence-electron chi connectivity index (χ4n) is 1.88. The molecule has 0 radical (unpaired) electrons. The van der Waals surface area contributed by atoms with Crippen molar-refractivity contribution in [3.8, 4) is 6.07 Å². The van der Waals surface area contributed by atoms with Crippen LogP contribution in [0.3, 0.4) is 0 Å². The van der Waals surface area contributed by atoms with E-state index >= 15 is 0 Å². The van der Waals surface area contributed by atoms with Gasteiger partial charge in [-0.2, -0.15) is 5.26 Å². The number of rotatable bonds is 2. The van der Waals surface area contributed by atoms with Gasteiger partial charge in [0.05, 0.1) is 0 Å². The normalized spacial score (nSPS) is 20.8. The van der Waals surface area contributed by atoms with E-state index in [2.05, 4.69) is 21.3 Å². The summed E-state index contributed by atoms with van der Waals surface area (Å²) in [6.45, 7) is 1.93. The zero-order valence-electron chi connectivity index (χ0n) is 9.03. The lowest BCUT2D eigenvalue weighted by Crippen LogP contribution is -2.44. The van der Waals surface area contributed by atoms with E-state index < -0.39 is 0 Å². The van der Waals surface area contributed by atoms with Gasteiger partial charge in [0.1, 0.15) is 10.9 Å². The minimum absolute atomic E-state index is 0.328. The molecule has 1 unspecified atom stereocenters. The Hall–Kier alpha value is -0.830. The van der Waals surface area contributed by atoms with Gasteiger partial charge in [-0.25, -0.2) is 4.98 Å². The maximum atomic E-state index is 8.83. The highest BCUT2D eigenvalue weighted by atomic mass is 35.5. The minimum Gasteiger partial charge on any atom is -0.346 e. The van der Waals surface area contributed by atoms with Crippen molar-refractivity contribution in [2.45, 2.75) is 18.9 Å². The van der Waals surface area contributed by atoms with Crippen molar-refractivity contribution < 1.29 is 0 Å². The lowest BCUT2D eigenvalue weighted by molar-refractivity contribution is 0.449. The number of anilines is 1. The first kappa shape index (κ1) is 11.6. The predicted molar refractivity (Wildman–Crippen MR) is 66.1 cm³/mol. The van der Waals surface area contributed by atoms with Gasteiger partial charge in [0.15, 0.2) is 10.3 Å². The Kier molecular flexibility index (Phi) is 3.64. The monoisotopic (exact) mass is 256 g/mol. The molecule has 0 aromatic carbocycles. The second-order valence-electron chi connectivity index (χ2n) is 3.80. The topological polar surface area (TPSA) is 52.0 Å². The number of likely N-dealkylation sites (N-methyl/N-ethyl adjacent to an activating group) is 1. The van der Waals surface area contributed by atoms with Crippen LogP contribution in [-0.4, -0.2) is 31.2 Å². The molecule has 0 saturated carbocycles. The molecule has 0 amide bonds. The first-order valence-electron chi connectivity index (χ1n) is 5.23. The third-order valence-corrected chi connectivity index (χ3v) is 4.18. The molecule has 2 rings (SSSR count). The number of aromatic nitrogens is 1. The van der Waals surface area contributed by atoms with Crippen LogP contribution < -0.4 is 10.2 Å². The van der Waals surface area contributed by atoms with Gasteiger partial charge < -0.3 is 10.2 Å². The molecule has 1 aromatic rings. The molecular formula is C10H13ClN4S. The summed E-state index contributed by atoms with van der Waals surface area (Å²) < 4.78 is 0. The van der Waals surface area contributed by atoms with E-state index in [1.54, 1.807) is 0 Å². The fourth-order valence-corrected chi connectivity index (χ4v) is 2.96. The molecule has 1 atom stereocenters. The molecule has 1 aromatic heterocycles. The molecule has 0 aliphatic carbocycles. The Balaban J connectivity index is 2.14. The average Bonchev–Trinajstić information content (AvgIpc) is 2.71. The molecule has 1 N–H and O–H groups in total. The van der Waals surface area contributed by atoms with E-state index in [1.807, 2.05) is 7.05 Å². The van der Waals surface area contributed by atoms with Crippen molar-refractivity contribution in [2.24, 2.45) is 0 Å². The average molecular weight is 257 g/mol. The number of piperidine rings is 1. The molecule has 1 saturated heterocycles. The van der Waals surface area contributed by atoms with Crippen molar-refractivity contribution >= 4 is 28.1 Å². The largest absolute Gasteiger partial charge is 0.346 e. The standard InChI is InChI=1S/C10H13ClN4S/c1-13-7-3-2-4-15(6-7)10-14-9(11)8(5-12)16-10/h7,13H,2-4,6H2,1H3. The summed E-state index contributed by atoms with van der Waals surface area (Å²) in [5.41, 5.74) is 0. The maximum absolute atomic E-state index is 8.83. The summed E-state index contributed by atoms with van der Waals surface area (Å²) in [6.07, 6.45) is 2.34. The molecule has 6 heteroatoms. The fraction of sp³-hybridized carbons (Fsp3) is 0.600. The lowest BCUT2D eigenvalue weighted by atomic mass is 10.1. The highest BCUT2D eigenvalue weighted by molar-refractivity contribution is 7.16. The quantitative estimate of drug-likeness (QED) is 0.878. The first-order chi connectivity index (χ1) is 7.74. The third kappa shape index (κ3) is 2.29. The summed E-state index contributed by atoms with van der Waals surface area (Å²) in [7, 11) is 1.98. The van der Waals surface area contributed by atoms with Crippen molar-refractivity contribution in [3.05, 3.63) is 10.0 Å². The van der Waals surface area contributed by atoms with Crippen molar-refractivity contribution in [1.29, 1.82) is 5.26 Å². The Morgan fingerprint density at radius 2 is 2.50 bits per heavy atom. The van der Waals surface area contributed by atoms with Crippen LogP contribution in [0.1, 0.15) is 17.7 Å². The van der Waals surface area contributed by atoms with E-state index in [0.717, 1.165) is 24.6 Å². The predicted octanol–water partition coefficient (Wildman–Crippen LogP) is 1.86. The molecule has 4 nitrogen and oxygen atoms in total. The molecule has 0 spiro atoms. The summed E-state index contributed by atoms with van der Waals surface area (Å²) in [6, 6.07) is 2.56. The van der Waals surface area contributed by atoms with E-state index in [4.69, 9.17) is 16.9 Å². The molecule has 16 heavy (non-hydrogen) atoms. The van der Waals surface area contributed by atoms with Crippen LogP contribution in [0.15, 0.2) is 0 Å². The van der Waals surface area contributed by atoms with E-state index in [9.17, 15) is 0 Å². The highest BCUT2D eigenvalue weighted by Crippen LogP contribution is 2.30. The van der Waals surface area contributed by atoms with Crippen LogP contribution in [0.4, 0.5) is 5.13 Å². The van der Waals surface area contributed by atoms with Crippen LogP contribution in [0.2, 0.25) is 5.15 Å². The molecule has 1 aliphatic rings. The van der Waals surface area contributed by atoms with E-state index in [1.165, 1.54) is 17.8 Å². The van der Waals surface area contributed by atoms with Crippen molar-refractivity contribution in [3.63, 3.8) is 0 Å². The molecule has 0 bridgehead atoms. The Labute approximate surface area is 104 Å². The zero-order valence-corrected chi connectivity index (χ0v) is 10.6. The number of nitrogens with one attached hydrogen (secondary N) is 1. The van der Waals surface area contributed by atoms with Gasteiger partial charge in [0, 0.05) is 19.1 Å². The number of nitriles is 1. The van der Waals surface area contributed by atoms with Crippen molar-refractivity contribution in [1.82, 2.24) is 10.3 Å². The highest BCUT2D eigenvalue weighted by Gasteiger charge is 2.22. The molecule has 1 aliphatic heterocycles. The Morgan fingerprint density at radius 1 is 1.69 bits per heavy atom. The molecular weight excluding hydrogens is 244 g/mol. The second-order valence-corrected chi connectivity index (χ2v) is 5.14. The number of thiazole rings is 1. The number of nitrogens with zero attached hydrogens (tertiary/aromatic N) is 3. The number of hydrogen-bond donors (Lipinski definition) is 1. The van der Waals surface area contributed by atoms with Crippen LogP contribution in [0, 0.1) is 11.3 Å². The SMILES string of the molecule is CNC1CCCN(c2nc(Cl)c(C#N)s2)C1. The van der Waals surface area contributed by atoms with Crippen molar-refractivity contribution in [2.75, 3.05) is 25.0 Å². The van der Waals surface area contributed by atoms with E-state index in [-0.39, 0.29) is 0 Å². The maximum Gasteiger partial charge on any atom is 0.188 e. The summed E-state index contributed by atoms with van der Waals surface area (Å²) in [5, 5.41) is 13.3. The summed E-state index contributed by atoms with van der Waals surface area (Å²) in [5.74, 6) is 0. The lowest BCUT2D eigenvalue weighted by Gasteiger charge is -2.32. The number of hydrogen-bond acceptors (Lipinski definition) is 5. The smallest absolute Gasteiger partial charge is 0.188 e. The van der Waals surface area contributed by atoms with Crippen LogP contribution >= 0.6 is 22.9 Å². The van der Waals surface area contributed by atoms with Gasteiger partial charge in [-0.05, 0) is 19.9 Å². The van der Waals surface area contributed by atoms with Crippen LogP contribution in [0.25, 0.3) is 0 Å². The van der Waals surface area contributed by atoms with Gasteiger partial charge in [0.2, 0.25) is 0 Å². The summed E-state index contributed by atoms with van der Waals surface area (Å²) in [4.78, 5) is 6.93.